The van der Waals surface area contributed by atoms with Crippen molar-refractivity contribution in [1.29, 1.82) is 0 Å². The van der Waals surface area contributed by atoms with Crippen LogP contribution in [-0.4, -0.2) is 26.1 Å². The molecule has 0 heterocycles. The number of halogens is 1. The van der Waals surface area contributed by atoms with Gasteiger partial charge in [-0.1, -0.05) is 11.6 Å². The number of hydrogen-bond acceptors (Lipinski definition) is 3. The lowest BCUT2D eigenvalue weighted by Crippen LogP contribution is -2.16. The Morgan fingerprint density at radius 2 is 2.13 bits per heavy atom. The standard InChI is InChI=1S/C11H13ClO3/c1-8-5-9(12)3-4-11(8)15-7-10(13)6-14-2/h3-5H,6-7H2,1-2H3. The summed E-state index contributed by atoms with van der Waals surface area (Å²) >= 11 is 5.79. The molecule has 82 valence electrons. The molecular formula is C11H13ClO3. The van der Waals surface area contributed by atoms with E-state index in [1.54, 1.807) is 18.2 Å². The summed E-state index contributed by atoms with van der Waals surface area (Å²) in [6.45, 7) is 1.98. The molecule has 0 saturated heterocycles. The van der Waals surface area contributed by atoms with Crippen molar-refractivity contribution >= 4 is 17.4 Å². The largest absolute Gasteiger partial charge is 0.485 e. The molecule has 4 heteroatoms. The maximum atomic E-state index is 11.1. The van der Waals surface area contributed by atoms with E-state index in [0.717, 1.165) is 5.56 Å². The predicted molar refractivity (Wildman–Crippen MR) is 58.6 cm³/mol. The Hall–Kier alpha value is -1.06. The van der Waals surface area contributed by atoms with Crippen molar-refractivity contribution < 1.29 is 14.3 Å². The number of carbonyl (C=O) groups excluding carboxylic acids is 1. The number of rotatable bonds is 5. The van der Waals surface area contributed by atoms with Gasteiger partial charge in [-0.05, 0) is 30.7 Å². The molecule has 0 spiro atoms. The van der Waals surface area contributed by atoms with E-state index in [1.807, 2.05) is 6.92 Å². The topological polar surface area (TPSA) is 35.5 Å². The summed E-state index contributed by atoms with van der Waals surface area (Å²) in [4.78, 5) is 11.1. The van der Waals surface area contributed by atoms with Crippen LogP contribution in [0.2, 0.25) is 5.02 Å². The van der Waals surface area contributed by atoms with Gasteiger partial charge in [-0.2, -0.15) is 0 Å². The molecule has 1 aromatic carbocycles. The smallest absolute Gasteiger partial charge is 0.195 e. The minimum absolute atomic E-state index is 0.0241. The number of benzene rings is 1. The van der Waals surface area contributed by atoms with Crippen molar-refractivity contribution in [3.63, 3.8) is 0 Å². The molecule has 0 bridgehead atoms. The summed E-state index contributed by atoms with van der Waals surface area (Å²) < 4.78 is 10.0. The van der Waals surface area contributed by atoms with Crippen LogP contribution in [0.5, 0.6) is 5.75 Å². The van der Waals surface area contributed by atoms with E-state index in [4.69, 9.17) is 21.1 Å². The van der Waals surface area contributed by atoms with Crippen molar-refractivity contribution in [2.75, 3.05) is 20.3 Å². The molecule has 0 aliphatic carbocycles. The Bertz CT molecular complexity index is 350. The lowest BCUT2D eigenvalue weighted by Gasteiger charge is -2.08. The molecule has 0 aliphatic rings. The molecule has 1 aromatic rings. The number of methoxy groups -OCH3 is 1. The third-order valence-corrected chi connectivity index (χ3v) is 2.07. The molecule has 1 rings (SSSR count). The quantitative estimate of drug-likeness (QED) is 0.776. The molecule has 0 N–H and O–H groups in total. The van der Waals surface area contributed by atoms with Crippen LogP contribution in [0, 0.1) is 6.92 Å². The summed E-state index contributed by atoms with van der Waals surface area (Å²) in [5.74, 6) is 0.579. The second-order valence-corrected chi connectivity index (χ2v) is 3.61. The molecule has 0 amide bonds. The molecule has 15 heavy (non-hydrogen) atoms. The Labute approximate surface area is 93.9 Å². The normalized spacial score (nSPS) is 10.1. The van der Waals surface area contributed by atoms with Gasteiger partial charge in [-0.15, -0.1) is 0 Å². The first kappa shape index (κ1) is 12.0. The zero-order valence-electron chi connectivity index (χ0n) is 8.75. The van der Waals surface area contributed by atoms with Crippen LogP contribution in [0.3, 0.4) is 0 Å². The van der Waals surface area contributed by atoms with Crippen molar-refractivity contribution in [3.8, 4) is 5.75 Å². The summed E-state index contributed by atoms with van der Waals surface area (Å²) in [6.07, 6.45) is 0. The third kappa shape index (κ3) is 3.90. The van der Waals surface area contributed by atoms with E-state index in [1.165, 1.54) is 7.11 Å². The summed E-state index contributed by atoms with van der Waals surface area (Å²) in [5.41, 5.74) is 0.910. The van der Waals surface area contributed by atoms with Crippen molar-refractivity contribution in [2.45, 2.75) is 6.92 Å². The van der Waals surface area contributed by atoms with E-state index in [2.05, 4.69) is 0 Å². The van der Waals surface area contributed by atoms with Crippen LogP contribution < -0.4 is 4.74 Å². The Balaban J connectivity index is 2.54. The molecule has 0 radical (unpaired) electrons. The van der Waals surface area contributed by atoms with E-state index in [9.17, 15) is 4.79 Å². The van der Waals surface area contributed by atoms with Crippen LogP contribution in [0.25, 0.3) is 0 Å². The second kappa shape index (κ2) is 5.73. The Morgan fingerprint density at radius 3 is 2.73 bits per heavy atom. The van der Waals surface area contributed by atoms with Gasteiger partial charge in [0.05, 0.1) is 0 Å². The first-order chi connectivity index (χ1) is 7.13. The molecule has 3 nitrogen and oxygen atoms in total. The number of carbonyl (C=O) groups is 1. The van der Waals surface area contributed by atoms with Crippen molar-refractivity contribution in [3.05, 3.63) is 28.8 Å². The molecule has 0 saturated carbocycles. The molecule has 0 aliphatic heterocycles. The van der Waals surface area contributed by atoms with Gasteiger partial charge in [0.1, 0.15) is 19.0 Å². The highest BCUT2D eigenvalue weighted by Gasteiger charge is 2.04. The average molecular weight is 229 g/mol. The summed E-state index contributed by atoms with van der Waals surface area (Å²) in [6, 6.07) is 5.26. The first-order valence-corrected chi connectivity index (χ1v) is 4.91. The van der Waals surface area contributed by atoms with Gasteiger partial charge in [0.25, 0.3) is 0 Å². The highest BCUT2D eigenvalue weighted by Crippen LogP contribution is 2.21. The van der Waals surface area contributed by atoms with Crippen LogP contribution in [-0.2, 0) is 9.53 Å². The number of aryl methyl sites for hydroxylation is 1. The van der Waals surface area contributed by atoms with Crippen molar-refractivity contribution in [2.24, 2.45) is 0 Å². The lowest BCUT2D eigenvalue weighted by atomic mass is 10.2. The molecule has 0 unspecified atom stereocenters. The van der Waals surface area contributed by atoms with E-state index in [0.29, 0.717) is 10.8 Å². The zero-order chi connectivity index (χ0) is 11.3. The first-order valence-electron chi connectivity index (χ1n) is 4.53. The molecule has 0 atom stereocenters. The Morgan fingerprint density at radius 1 is 1.40 bits per heavy atom. The second-order valence-electron chi connectivity index (χ2n) is 3.17. The number of Topliss-reactive ketones (excluding diaryl/α,β-unsaturated/α-hetero) is 1. The highest BCUT2D eigenvalue weighted by atomic mass is 35.5. The number of hydrogen-bond donors (Lipinski definition) is 0. The fraction of sp³-hybridized carbons (Fsp3) is 0.364. The fourth-order valence-corrected chi connectivity index (χ4v) is 1.36. The maximum Gasteiger partial charge on any atom is 0.195 e. The zero-order valence-corrected chi connectivity index (χ0v) is 9.50. The fourth-order valence-electron chi connectivity index (χ4n) is 1.14. The summed E-state index contributed by atoms with van der Waals surface area (Å²) in [5, 5.41) is 0.656. The van der Waals surface area contributed by atoms with Crippen molar-refractivity contribution in [1.82, 2.24) is 0 Å². The monoisotopic (exact) mass is 228 g/mol. The molecular weight excluding hydrogens is 216 g/mol. The minimum atomic E-state index is -0.0909. The maximum absolute atomic E-state index is 11.1. The average Bonchev–Trinajstić information content (AvgIpc) is 2.17. The van der Waals surface area contributed by atoms with Gasteiger partial charge in [0.15, 0.2) is 5.78 Å². The van der Waals surface area contributed by atoms with E-state index >= 15 is 0 Å². The number of ether oxygens (including phenoxy) is 2. The van der Waals surface area contributed by atoms with Gasteiger partial charge < -0.3 is 9.47 Å². The van der Waals surface area contributed by atoms with Gasteiger partial charge in [0.2, 0.25) is 0 Å². The third-order valence-electron chi connectivity index (χ3n) is 1.83. The van der Waals surface area contributed by atoms with E-state index in [-0.39, 0.29) is 19.0 Å². The summed E-state index contributed by atoms with van der Waals surface area (Å²) in [7, 11) is 1.48. The van der Waals surface area contributed by atoms with Crippen LogP contribution >= 0.6 is 11.6 Å². The van der Waals surface area contributed by atoms with Crippen LogP contribution in [0.4, 0.5) is 0 Å². The lowest BCUT2D eigenvalue weighted by molar-refractivity contribution is -0.124. The van der Waals surface area contributed by atoms with Crippen LogP contribution in [0.1, 0.15) is 5.56 Å². The van der Waals surface area contributed by atoms with Gasteiger partial charge in [0, 0.05) is 12.1 Å². The SMILES string of the molecule is COCC(=O)COc1ccc(Cl)cc1C. The van der Waals surface area contributed by atoms with Crippen LogP contribution in [0.15, 0.2) is 18.2 Å². The minimum Gasteiger partial charge on any atom is -0.485 e. The van der Waals surface area contributed by atoms with Gasteiger partial charge >= 0.3 is 0 Å². The molecule has 0 aromatic heterocycles. The van der Waals surface area contributed by atoms with Gasteiger partial charge in [-0.25, -0.2) is 0 Å². The Kier molecular flexibility index (Phi) is 4.59. The van der Waals surface area contributed by atoms with Gasteiger partial charge in [-0.3, -0.25) is 4.79 Å². The highest BCUT2D eigenvalue weighted by molar-refractivity contribution is 6.30. The predicted octanol–water partition coefficient (Wildman–Crippen LogP) is 2.24. The number of ketones is 1. The van der Waals surface area contributed by atoms with E-state index < -0.39 is 0 Å². The molecule has 0 fully saturated rings.